The van der Waals surface area contributed by atoms with Crippen molar-refractivity contribution in [1.29, 1.82) is 0 Å². The van der Waals surface area contributed by atoms with E-state index in [2.05, 4.69) is 50.0 Å². The molecule has 1 heterocycles. The molecule has 0 spiro atoms. The predicted molar refractivity (Wildman–Crippen MR) is 123 cm³/mol. The number of esters is 1. The maximum atomic E-state index is 13.0. The van der Waals surface area contributed by atoms with Gasteiger partial charge in [0.1, 0.15) is 11.8 Å². The molecule has 1 N–H and O–H groups in total. The van der Waals surface area contributed by atoms with E-state index in [9.17, 15) is 9.59 Å². The molecule has 1 atom stereocenters. The average molecular weight is 422 g/mol. The van der Waals surface area contributed by atoms with Gasteiger partial charge in [-0.15, -0.1) is 0 Å². The molecule has 0 radical (unpaired) electrons. The number of rotatable bonds is 3. The Kier molecular flexibility index (Phi) is 6.09. The second-order valence-electron chi connectivity index (χ2n) is 10.4. The van der Waals surface area contributed by atoms with Crippen molar-refractivity contribution in [3.63, 3.8) is 0 Å². The quantitative estimate of drug-likeness (QED) is 0.460. The number of hydrogen-bond acceptors (Lipinski definition) is 3. The van der Waals surface area contributed by atoms with Gasteiger partial charge in [-0.25, -0.2) is 4.79 Å². The molecular formula is C27H35NO3. The fraction of sp³-hybridized carbons (Fsp3) is 0.556. The molecule has 4 heteroatoms. The zero-order chi connectivity index (χ0) is 22.2. The summed E-state index contributed by atoms with van der Waals surface area (Å²) in [6.07, 6.45) is 7.78. The highest BCUT2D eigenvalue weighted by Crippen LogP contribution is 2.36. The topological polar surface area (TPSA) is 59.2 Å². The molecule has 1 aromatic carbocycles. The summed E-state index contributed by atoms with van der Waals surface area (Å²) in [5, 5.41) is 0. The number of Topliss-reactive ketones (excluding diaryl/α,β-unsaturated/α-hetero) is 1. The molecule has 0 amide bonds. The van der Waals surface area contributed by atoms with Gasteiger partial charge in [0, 0.05) is 17.7 Å². The van der Waals surface area contributed by atoms with Crippen LogP contribution in [0.1, 0.15) is 115 Å². The molecule has 0 saturated heterocycles. The van der Waals surface area contributed by atoms with E-state index in [0.29, 0.717) is 17.7 Å². The van der Waals surface area contributed by atoms with E-state index in [1.54, 1.807) is 0 Å². The summed E-state index contributed by atoms with van der Waals surface area (Å²) in [5.41, 5.74) is 5.38. The van der Waals surface area contributed by atoms with Crippen LogP contribution >= 0.6 is 0 Å². The van der Waals surface area contributed by atoms with Gasteiger partial charge in [0.25, 0.3) is 0 Å². The van der Waals surface area contributed by atoms with E-state index in [4.69, 9.17) is 4.74 Å². The monoisotopic (exact) mass is 421 g/mol. The highest BCUT2D eigenvalue weighted by atomic mass is 16.5. The molecule has 2 aliphatic carbocycles. The Balaban J connectivity index is 1.53. The first-order chi connectivity index (χ1) is 14.7. The first-order valence-corrected chi connectivity index (χ1v) is 11.8. The van der Waals surface area contributed by atoms with Gasteiger partial charge in [-0.2, -0.15) is 0 Å². The fourth-order valence-electron chi connectivity index (χ4n) is 5.10. The summed E-state index contributed by atoms with van der Waals surface area (Å²) in [6.45, 7) is 8.48. The highest BCUT2D eigenvalue weighted by molar-refractivity contribution is 6.03. The van der Waals surface area contributed by atoms with Crippen molar-refractivity contribution in [3.8, 4) is 0 Å². The lowest BCUT2D eigenvalue weighted by Gasteiger charge is -2.24. The van der Waals surface area contributed by atoms with Crippen molar-refractivity contribution in [2.24, 2.45) is 0 Å². The third-order valence-corrected chi connectivity index (χ3v) is 7.02. The molecule has 1 fully saturated rings. The van der Waals surface area contributed by atoms with Crippen LogP contribution in [0.15, 0.2) is 24.3 Å². The van der Waals surface area contributed by atoms with Crippen LogP contribution in [0.2, 0.25) is 0 Å². The molecular weight excluding hydrogens is 386 g/mol. The van der Waals surface area contributed by atoms with Crippen molar-refractivity contribution in [1.82, 2.24) is 4.98 Å². The number of carbonyl (C=O) groups is 2. The van der Waals surface area contributed by atoms with E-state index in [-0.39, 0.29) is 29.2 Å². The number of carbonyl (C=O) groups excluding carboxylic acids is 2. The number of H-pyrrole nitrogens is 1. The summed E-state index contributed by atoms with van der Waals surface area (Å²) in [6, 6.07) is 8.65. The van der Waals surface area contributed by atoms with E-state index in [1.807, 2.05) is 6.92 Å². The van der Waals surface area contributed by atoms with Gasteiger partial charge >= 0.3 is 5.97 Å². The third kappa shape index (κ3) is 4.63. The van der Waals surface area contributed by atoms with Crippen molar-refractivity contribution >= 4 is 11.8 Å². The van der Waals surface area contributed by atoms with Crippen molar-refractivity contribution < 1.29 is 14.3 Å². The summed E-state index contributed by atoms with van der Waals surface area (Å²) in [4.78, 5) is 29.2. The fourth-order valence-corrected chi connectivity index (χ4v) is 5.10. The Morgan fingerprint density at radius 1 is 1.00 bits per heavy atom. The van der Waals surface area contributed by atoms with Crippen LogP contribution < -0.4 is 0 Å². The highest BCUT2D eigenvalue weighted by Gasteiger charge is 2.33. The Morgan fingerprint density at radius 2 is 1.65 bits per heavy atom. The number of ether oxygens (including phenoxy) is 1. The van der Waals surface area contributed by atoms with Crippen LogP contribution in [0.5, 0.6) is 0 Å². The Labute approximate surface area is 185 Å². The van der Waals surface area contributed by atoms with Crippen molar-refractivity contribution in [2.75, 3.05) is 0 Å². The lowest BCUT2D eigenvalue weighted by molar-refractivity contribution is 0.0260. The summed E-state index contributed by atoms with van der Waals surface area (Å²) >= 11 is 0. The molecule has 31 heavy (non-hydrogen) atoms. The first-order valence-electron chi connectivity index (χ1n) is 11.8. The summed E-state index contributed by atoms with van der Waals surface area (Å²) in [5.74, 6) is -0.0520. The van der Waals surface area contributed by atoms with Crippen molar-refractivity contribution in [3.05, 3.63) is 57.9 Å². The summed E-state index contributed by atoms with van der Waals surface area (Å²) < 4.78 is 5.83. The smallest absolute Gasteiger partial charge is 0.355 e. The van der Waals surface area contributed by atoms with Gasteiger partial charge in [0.05, 0.1) is 0 Å². The lowest BCUT2D eigenvalue weighted by atomic mass is 9.80. The molecule has 0 bridgehead atoms. The normalized spacial score (nSPS) is 20.3. The average Bonchev–Trinajstić information content (AvgIpc) is 2.88. The van der Waals surface area contributed by atoms with E-state index in [0.717, 1.165) is 43.4 Å². The van der Waals surface area contributed by atoms with Crippen LogP contribution in [-0.2, 0) is 16.6 Å². The second kappa shape index (κ2) is 8.64. The number of hydrogen-bond donors (Lipinski definition) is 1. The standard InChI is InChI=1S/C27H35NO3/c1-17-24-22(28-25(17)26(30)31-21-9-7-5-6-8-10-21)15-19(16-23(24)29)18-11-13-20(14-12-18)27(2,3)4/h11-14,19,21,28H,5-10,15-16H2,1-4H3/t19-/m0/s1. The molecule has 1 aromatic heterocycles. The first kappa shape index (κ1) is 21.9. The largest absolute Gasteiger partial charge is 0.458 e. The maximum absolute atomic E-state index is 13.0. The number of aromatic amines is 1. The minimum atomic E-state index is -0.308. The second-order valence-corrected chi connectivity index (χ2v) is 10.4. The van der Waals surface area contributed by atoms with Gasteiger partial charge in [-0.1, -0.05) is 57.9 Å². The minimum Gasteiger partial charge on any atom is -0.458 e. The molecule has 0 unspecified atom stereocenters. The molecule has 0 aliphatic heterocycles. The maximum Gasteiger partial charge on any atom is 0.355 e. The van der Waals surface area contributed by atoms with E-state index >= 15 is 0 Å². The molecule has 1 saturated carbocycles. The predicted octanol–water partition coefficient (Wildman–Crippen LogP) is 6.41. The Hall–Kier alpha value is -2.36. The Bertz CT molecular complexity index is 954. The lowest BCUT2D eigenvalue weighted by Crippen LogP contribution is -2.19. The van der Waals surface area contributed by atoms with E-state index in [1.165, 1.54) is 24.0 Å². The number of fused-ring (bicyclic) bond motifs is 1. The SMILES string of the molecule is Cc1c(C(=O)OC2CCCCCC2)[nH]c2c1C(=O)C[C@@H](c1ccc(C(C)(C)C)cc1)C2. The molecule has 2 aromatic rings. The van der Waals surface area contributed by atoms with E-state index < -0.39 is 0 Å². The van der Waals surface area contributed by atoms with Gasteiger partial charge in [-0.05, 0) is 67.1 Å². The van der Waals surface area contributed by atoms with Gasteiger partial charge in [0.2, 0.25) is 0 Å². The molecule has 4 rings (SSSR count). The molecule has 4 nitrogen and oxygen atoms in total. The number of ketones is 1. The molecule has 2 aliphatic rings. The van der Waals surface area contributed by atoms with Gasteiger partial charge < -0.3 is 9.72 Å². The van der Waals surface area contributed by atoms with Crippen LogP contribution in [-0.4, -0.2) is 22.8 Å². The van der Waals surface area contributed by atoms with Crippen LogP contribution in [0.25, 0.3) is 0 Å². The van der Waals surface area contributed by atoms with Crippen LogP contribution in [0.3, 0.4) is 0 Å². The number of benzene rings is 1. The Morgan fingerprint density at radius 3 is 2.26 bits per heavy atom. The van der Waals surface area contributed by atoms with Crippen LogP contribution in [0.4, 0.5) is 0 Å². The van der Waals surface area contributed by atoms with Crippen LogP contribution in [0, 0.1) is 6.92 Å². The summed E-state index contributed by atoms with van der Waals surface area (Å²) in [7, 11) is 0. The number of aromatic nitrogens is 1. The van der Waals surface area contributed by atoms with Crippen molar-refractivity contribution in [2.45, 2.75) is 96.5 Å². The zero-order valence-electron chi connectivity index (χ0n) is 19.3. The minimum absolute atomic E-state index is 0.000455. The zero-order valence-corrected chi connectivity index (χ0v) is 19.3. The number of nitrogens with one attached hydrogen (secondary N) is 1. The van der Waals surface area contributed by atoms with Gasteiger partial charge in [-0.3, -0.25) is 4.79 Å². The molecule has 166 valence electrons. The van der Waals surface area contributed by atoms with Gasteiger partial charge in [0.15, 0.2) is 5.78 Å². The third-order valence-electron chi connectivity index (χ3n) is 7.02.